The first kappa shape index (κ1) is 21.1. The molecule has 1 aliphatic heterocycles. The van der Waals surface area contributed by atoms with Crippen LogP contribution >= 0.6 is 0 Å². The van der Waals surface area contributed by atoms with Gasteiger partial charge in [0.1, 0.15) is 5.82 Å². The van der Waals surface area contributed by atoms with Gasteiger partial charge >= 0.3 is 0 Å². The molecule has 33 heavy (non-hydrogen) atoms. The number of benzene rings is 2. The third-order valence-electron chi connectivity index (χ3n) is 5.91. The molecule has 0 atom stereocenters. The van der Waals surface area contributed by atoms with E-state index in [1.54, 1.807) is 4.68 Å². The Hall–Kier alpha value is -3.78. The van der Waals surface area contributed by atoms with Crippen LogP contribution in [0.1, 0.15) is 35.7 Å². The number of rotatable bonds is 7. The Morgan fingerprint density at radius 3 is 2.82 bits per heavy atom. The predicted molar refractivity (Wildman–Crippen MR) is 128 cm³/mol. The second kappa shape index (κ2) is 9.38. The maximum Gasteiger partial charge on any atom is 0.253 e. The van der Waals surface area contributed by atoms with Crippen molar-refractivity contribution in [2.45, 2.75) is 39.4 Å². The van der Waals surface area contributed by atoms with E-state index in [-0.39, 0.29) is 5.91 Å². The van der Waals surface area contributed by atoms with Gasteiger partial charge in [0, 0.05) is 50.0 Å². The lowest BCUT2D eigenvalue weighted by Gasteiger charge is -2.21. The minimum absolute atomic E-state index is 0.0279. The van der Waals surface area contributed by atoms with Crippen LogP contribution in [0.25, 0.3) is 16.9 Å². The Balaban J connectivity index is 1.50. The average Bonchev–Trinajstić information content (AvgIpc) is 3.31. The number of amides is 1. The zero-order valence-electron chi connectivity index (χ0n) is 18.6. The van der Waals surface area contributed by atoms with Gasteiger partial charge in [-0.3, -0.25) is 4.79 Å². The van der Waals surface area contributed by atoms with E-state index in [0.717, 1.165) is 53.1 Å². The SMILES string of the molecule is CCC(=O)NCc1cccc2c1cnn2-c1nc2c(c(NCc3ccccc3)n1)CNCC2. The molecule has 0 spiro atoms. The van der Waals surface area contributed by atoms with Crippen LogP contribution in [-0.4, -0.2) is 32.2 Å². The summed E-state index contributed by atoms with van der Waals surface area (Å²) in [5.41, 5.74) is 5.29. The van der Waals surface area contributed by atoms with E-state index >= 15 is 0 Å². The van der Waals surface area contributed by atoms with Gasteiger partial charge in [-0.25, -0.2) is 4.98 Å². The molecule has 1 aliphatic rings. The molecule has 0 saturated carbocycles. The Labute approximate surface area is 192 Å². The van der Waals surface area contributed by atoms with E-state index in [1.165, 1.54) is 5.56 Å². The average molecular weight is 442 g/mol. The van der Waals surface area contributed by atoms with Crippen LogP contribution in [-0.2, 0) is 30.8 Å². The lowest BCUT2D eigenvalue weighted by molar-refractivity contribution is -0.120. The Morgan fingerprint density at radius 1 is 1.09 bits per heavy atom. The van der Waals surface area contributed by atoms with Gasteiger partial charge in [-0.2, -0.15) is 14.8 Å². The smallest absolute Gasteiger partial charge is 0.253 e. The molecule has 168 valence electrons. The highest BCUT2D eigenvalue weighted by Gasteiger charge is 2.20. The van der Waals surface area contributed by atoms with Crippen LogP contribution in [0.15, 0.2) is 54.7 Å². The summed E-state index contributed by atoms with van der Waals surface area (Å²) in [5, 5.41) is 15.5. The van der Waals surface area contributed by atoms with Gasteiger partial charge in [0.25, 0.3) is 5.95 Å². The number of nitrogens with zero attached hydrogens (tertiary/aromatic N) is 4. The van der Waals surface area contributed by atoms with Crippen molar-refractivity contribution in [3.05, 3.63) is 77.1 Å². The molecule has 0 saturated heterocycles. The van der Waals surface area contributed by atoms with Crippen LogP contribution < -0.4 is 16.0 Å². The number of carbonyl (C=O) groups is 1. The largest absolute Gasteiger partial charge is 0.366 e. The molecular formula is C25H27N7O. The number of carbonyl (C=O) groups excluding carboxylic acids is 1. The van der Waals surface area contributed by atoms with Crippen molar-refractivity contribution in [1.29, 1.82) is 0 Å². The molecule has 8 nitrogen and oxygen atoms in total. The van der Waals surface area contributed by atoms with E-state index in [4.69, 9.17) is 9.97 Å². The molecule has 4 aromatic rings. The minimum atomic E-state index is 0.0279. The lowest BCUT2D eigenvalue weighted by Crippen LogP contribution is -2.27. The molecule has 3 N–H and O–H groups in total. The highest BCUT2D eigenvalue weighted by atomic mass is 16.1. The fraction of sp³-hybridized carbons (Fsp3) is 0.280. The molecule has 3 heterocycles. The highest BCUT2D eigenvalue weighted by molar-refractivity contribution is 5.84. The Morgan fingerprint density at radius 2 is 1.97 bits per heavy atom. The minimum Gasteiger partial charge on any atom is -0.366 e. The summed E-state index contributed by atoms with van der Waals surface area (Å²) in [6, 6.07) is 16.3. The maximum atomic E-state index is 11.7. The number of nitrogens with one attached hydrogen (secondary N) is 3. The van der Waals surface area contributed by atoms with E-state index in [0.29, 0.717) is 25.5 Å². The molecule has 0 bridgehead atoms. The second-order valence-electron chi connectivity index (χ2n) is 8.10. The summed E-state index contributed by atoms with van der Waals surface area (Å²) in [4.78, 5) is 21.5. The molecular weight excluding hydrogens is 414 g/mol. The van der Waals surface area contributed by atoms with E-state index in [2.05, 4.69) is 33.2 Å². The van der Waals surface area contributed by atoms with E-state index in [9.17, 15) is 4.79 Å². The zero-order chi connectivity index (χ0) is 22.6. The number of hydrogen-bond acceptors (Lipinski definition) is 6. The zero-order valence-corrected chi connectivity index (χ0v) is 18.6. The predicted octanol–water partition coefficient (Wildman–Crippen LogP) is 3.10. The van der Waals surface area contributed by atoms with Crippen molar-refractivity contribution in [1.82, 2.24) is 30.4 Å². The molecule has 0 fully saturated rings. The van der Waals surface area contributed by atoms with Crippen molar-refractivity contribution in [3.8, 4) is 5.95 Å². The second-order valence-corrected chi connectivity index (χ2v) is 8.10. The quantitative estimate of drug-likeness (QED) is 0.408. The van der Waals surface area contributed by atoms with Crippen molar-refractivity contribution in [2.75, 3.05) is 11.9 Å². The van der Waals surface area contributed by atoms with Gasteiger partial charge in [-0.1, -0.05) is 49.4 Å². The summed E-state index contributed by atoms with van der Waals surface area (Å²) in [6.07, 6.45) is 3.13. The van der Waals surface area contributed by atoms with Crippen LogP contribution in [0.2, 0.25) is 0 Å². The van der Waals surface area contributed by atoms with E-state index in [1.807, 2.05) is 49.5 Å². The monoisotopic (exact) mass is 441 g/mol. The van der Waals surface area contributed by atoms with Crippen molar-refractivity contribution in [3.63, 3.8) is 0 Å². The van der Waals surface area contributed by atoms with Gasteiger partial charge in [-0.15, -0.1) is 0 Å². The number of anilines is 1. The normalized spacial score (nSPS) is 13.0. The Bertz CT molecular complexity index is 1280. The summed E-state index contributed by atoms with van der Waals surface area (Å²) in [6.45, 7) is 4.64. The number of aromatic nitrogens is 4. The first-order valence-corrected chi connectivity index (χ1v) is 11.3. The van der Waals surface area contributed by atoms with Crippen LogP contribution in [0.3, 0.4) is 0 Å². The Kier molecular flexibility index (Phi) is 5.99. The molecule has 2 aromatic carbocycles. The highest BCUT2D eigenvalue weighted by Crippen LogP contribution is 2.25. The van der Waals surface area contributed by atoms with Crippen molar-refractivity contribution >= 4 is 22.6 Å². The molecule has 0 aliphatic carbocycles. The van der Waals surface area contributed by atoms with Crippen LogP contribution in [0, 0.1) is 0 Å². The molecule has 0 radical (unpaired) electrons. The summed E-state index contributed by atoms with van der Waals surface area (Å²) in [5.74, 6) is 1.41. The first-order valence-electron chi connectivity index (χ1n) is 11.3. The lowest BCUT2D eigenvalue weighted by atomic mass is 10.1. The fourth-order valence-corrected chi connectivity index (χ4v) is 4.10. The van der Waals surface area contributed by atoms with Gasteiger partial charge in [0.2, 0.25) is 5.91 Å². The van der Waals surface area contributed by atoms with E-state index < -0.39 is 0 Å². The third-order valence-corrected chi connectivity index (χ3v) is 5.91. The molecule has 8 heteroatoms. The van der Waals surface area contributed by atoms with Gasteiger partial charge in [-0.05, 0) is 17.2 Å². The summed E-state index contributed by atoms with van der Waals surface area (Å²) >= 11 is 0. The van der Waals surface area contributed by atoms with Gasteiger partial charge < -0.3 is 16.0 Å². The van der Waals surface area contributed by atoms with Crippen molar-refractivity contribution < 1.29 is 4.79 Å². The molecule has 2 aromatic heterocycles. The molecule has 5 rings (SSSR count). The van der Waals surface area contributed by atoms with Crippen LogP contribution in [0.5, 0.6) is 0 Å². The van der Waals surface area contributed by atoms with Crippen LogP contribution in [0.4, 0.5) is 5.82 Å². The third kappa shape index (κ3) is 4.42. The maximum absolute atomic E-state index is 11.7. The standard InChI is InChI=1S/C25H27N7O/c1-2-23(33)27-14-18-9-6-10-22-19(18)16-29-32(22)25-30-21-11-12-26-15-20(21)24(31-25)28-13-17-7-4-3-5-8-17/h3-10,16,26H,2,11-15H2,1H3,(H,27,33)(H,28,30,31). The number of fused-ring (bicyclic) bond motifs is 2. The molecule has 1 amide bonds. The number of hydrogen-bond donors (Lipinski definition) is 3. The first-order chi connectivity index (χ1) is 16.2. The summed E-state index contributed by atoms with van der Waals surface area (Å²) in [7, 11) is 0. The van der Waals surface area contributed by atoms with Gasteiger partial charge in [0.15, 0.2) is 0 Å². The fourth-order valence-electron chi connectivity index (χ4n) is 4.10. The molecule has 0 unspecified atom stereocenters. The topological polar surface area (TPSA) is 96.8 Å². The summed E-state index contributed by atoms with van der Waals surface area (Å²) < 4.78 is 1.79. The van der Waals surface area contributed by atoms with Gasteiger partial charge in [0.05, 0.1) is 17.4 Å². The van der Waals surface area contributed by atoms with Crippen molar-refractivity contribution in [2.24, 2.45) is 0 Å².